The second-order valence-electron chi connectivity index (χ2n) is 2.18. The largest absolute Gasteiger partial charge is 0.379 e. The molecule has 0 atom stereocenters. The van der Waals surface area contributed by atoms with Crippen LogP contribution in [0.3, 0.4) is 0 Å². The van der Waals surface area contributed by atoms with E-state index < -0.39 is 0 Å². The first-order valence-corrected chi connectivity index (χ1v) is 3.58. The van der Waals surface area contributed by atoms with Crippen molar-refractivity contribution in [2.45, 2.75) is 0 Å². The molecule has 0 spiro atoms. The van der Waals surface area contributed by atoms with Gasteiger partial charge in [0.1, 0.15) is 6.07 Å². The zero-order valence-electron chi connectivity index (χ0n) is 6.62. The lowest BCUT2D eigenvalue weighted by Crippen LogP contribution is -2.00. The molecule has 1 aromatic heterocycles. The fourth-order valence-corrected chi connectivity index (χ4v) is 0.819. The molecule has 0 aromatic carbocycles. The van der Waals surface area contributed by atoms with E-state index in [9.17, 15) is 0 Å². The highest BCUT2D eigenvalue weighted by atomic mass is 14.9. The standard InChI is InChI=1S/C9H9N3/c1-2-5-11-8-4-3-6-12-9(8)7-10/h2-4,6,11H,1,5H2. The van der Waals surface area contributed by atoms with Crippen LogP contribution in [-0.2, 0) is 0 Å². The van der Waals surface area contributed by atoms with E-state index in [1.54, 1.807) is 18.3 Å². The summed E-state index contributed by atoms with van der Waals surface area (Å²) in [6.07, 6.45) is 3.33. The van der Waals surface area contributed by atoms with Crippen molar-refractivity contribution in [3.8, 4) is 6.07 Å². The summed E-state index contributed by atoms with van der Waals surface area (Å²) in [6, 6.07) is 5.60. The minimum absolute atomic E-state index is 0.416. The minimum Gasteiger partial charge on any atom is -0.379 e. The summed E-state index contributed by atoms with van der Waals surface area (Å²) in [5, 5.41) is 11.7. The van der Waals surface area contributed by atoms with Crippen molar-refractivity contribution < 1.29 is 0 Å². The number of anilines is 1. The Bertz CT molecular complexity index is 312. The summed E-state index contributed by atoms with van der Waals surface area (Å²) in [6.45, 7) is 4.20. The molecule has 1 heterocycles. The van der Waals surface area contributed by atoms with Gasteiger partial charge in [-0.15, -0.1) is 6.58 Å². The summed E-state index contributed by atoms with van der Waals surface area (Å²) in [7, 11) is 0. The van der Waals surface area contributed by atoms with Crippen molar-refractivity contribution >= 4 is 5.69 Å². The van der Waals surface area contributed by atoms with Gasteiger partial charge in [0.05, 0.1) is 5.69 Å². The number of nitrogens with one attached hydrogen (secondary N) is 1. The Balaban J connectivity index is 2.83. The summed E-state index contributed by atoms with van der Waals surface area (Å²) in [4.78, 5) is 3.89. The van der Waals surface area contributed by atoms with Crippen LogP contribution in [0, 0.1) is 11.3 Å². The number of pyridine rings is 1. The first kappa shape index (κ1) is 8.28. The van der Waals surface area contributed by atoms with Gasteiger partial charge in [0.15, 0.2) is 5.69 Å². The third-order valence-corrected chi connectivity index (χ3v) is 1.35. The van der Waals surface area contributed by atoms with Gasteiger partial charge in [0.2, 0.25) is 0 Å². The van der Waals surface area contributed by atoms with E-state index in [1.165, 1.54) is 0 Å². The molecule has 60 valence electrons. The minimum atomic E-state index is 0.416. The highest BCUT2D eigenvalue weighted by molar-refractivity contribution is 5.53. The Morgan fingerprint density at radius 2 is 2.58 bits per heavy atom. The van der Waals surface area contributed by atoms with Crippen LogP contribution in [-0.4, -0.2) is 11.5 Å². The third-order valence-electron chi connectivity index (χ3n) is 1.35. The molecular formula is C9H9N3. The first-order chi connectivity index (χ1) is 5.88. The summed E-state index contributed by atoms with van der Waals surface area (Å²) in [5.41, 5.74) is 1.17. The molecule has 3 heteroatoms. The molecule has 12 heavy (non-hydrogen) atoms. The van der Waals surface area contributed by atoms with Gasteiger partial charge < -0.3 is 5.32 Å². The van der Waals surface area contributed by atoms with Gasteiger partial charge >= 0.3 is 0 Å². The van der Waals surface area contributed by atoms with E-state index in [0.717, 1.165) is 5.69 Å². The van der Waals surface area contributed by atoms with E-state index in [1.807, 2.05) is 12.1 Å². The SMILES string of the molecule is C=CCNc1cccnc1C#N. The number of nitrogens with zero attached hydrogens (tertiary/aromatic N) is 2. The quantitative estimate of drug-likeness (QED) is 0.681. The van der Waals surface area contributed by atoms with E-state index in [4.69, 9.17) is 5.26 Å². The molecule has 3 nitrogen and oxygen atoms in total. The molecule has 0 saturated carbocycles. The lowest BCUT2D eigenvalue weighted by Gasteiger charge is -2.02. The Morgan fingerprint density at radius 3 is 3.25 bits per heavy atom. The second-order valence-corrected chi connectivity index (χ2v) is 2.18. The molecule has 0 aliphatic heterocycles. The average Bonchev–Trinajstić information content (AvgIpc) is 2.15. The van der Waals surface area contributed by atoms with Crippen molar-refractivity contribution in [2.24, 2.45) is 0 Å². The van der Waals surface area contributed by atoms with Crippen LogP contribution in [0.15, 0.2) is 31.0 Å². The Labute approximate surface area is 71.4 Å². The predicted molar refractivity (Wildman–Crippen MR) is 47.6 cm³/mol. The van der Waals surface area contributed by atoms with Crippen LogP contribution in [0.4, 0.5) is 5.69 Å². The van der Waals surface area contributed by atoms with Crippen molar-refractivity contribution in [1.82, 2.24) is 4.98 Å². The first-order valence-electron chi connectivity index (χ1n) is 3.58. The molecule has 0 amide bonds. The van der Waals surface area contributed by atoms with Crippen molar-refractivity contribution in [2.75, 3.05) is 11.9 Å². The summed E-state index contributed by atoms with van der Waals surface area (Å²) < 4.78 is 0. The number of rotatable bonds is 3. The maximum Gasteiger partial charge on any atom is 0.163 e. The van der Waals surface area contributed by atoms with Crippen LogP contribution in [0.25, 0.3) is 0 Å². The second kappa shape index (κ2) is 4.14. The maximum absolute atomic E-state index is 8.64. The molecular weight excluding hydrogens is 150 g/mol. The molecule has 0 radical (unpaired) electrons. The molecule has 0 unspecified atom stereocenters. The van der Waals surface area contributed by atoms with E-state index in [-0.39, 0.29) is 0 Å². The Kier molecular flexibility index (Phi) is 2.86. The van der Waals surface area contributed by atoms with E-state index >= 15 is 0 Å². The summed E-state index contributed by atoms with van der Waals surface area (Å²) >= 11 is 0. The number of aromatic nitrogens is 1. The molecule has 0 aliphatic carbocycles. The van der Waals surface area contributed by atoms with Crippen molar-refractivity contribution in [1.29, 1.82) is 5.26 Å². The molecule has 1 aromatic rings. The highest BCUT2D eigenvalue weighted by Crippen LogP contribution is 2.09. The lowest BCUT2D eigenvalue weighted by atomic mass is 10.3. The monoisotopic (exact) mass is 159 g/mol. The molecule has 0 fully saturated rings. The summed E-state index contributed by atoms with van der Waals surface area (Å²) in [5.74, 6) is 0. The van der Waals surface area contributed by atoms with Crippen LogP contribution in [0.1, 0.15) is 5.69 Å². The molecule has 0 bridgehead atoms. The molecule has 1 N–H and O–H groups in total. The molecule has 1 rings (SSSR count). The van der Waals surface area contributed by atoms with Gasteiger partial charge in [-0.25, -0.2) is 4.98 Å². The van der Waals surface area contributed by atoms with Gasteiger partial charge in [0.25, 0.3) is 0 Å². The average molecular weight is 159 g/mol. The van der Waals surface area contributed by atoms with Gasteiger partial charge in [-0.3, -0.25) is 0 Å². The van der Waals surface area contributed by atoms with Crippen LogP contribution < -0.4 is 5.32 Å². The fourth-order valence-electron chi connectivity index (χ4n) is 0.819. The molecule has 0 aliphatic rings. The highest BCUT2D eigenvalue weighted by Gasteiger charge is 1.98. The Morgan fingerprint density at radius 1 is 1.75 bits per heavy atom. The zero-order chi connectivity index (χ0) is 8.81. The number of hydrogen-bond acceptors (Lipinski definition) is 3. The van der Waals surface area contributed by atoms with Crippen LogP contribution in [0.2, 0.25) is 0 Å². The molecule has 0 saturated heterocycles. The maximum atomic E-state index is 8.64. The van der Waals surface area contributed by atoms with Crippen LogP contribution in [0.5, 0.6) is 0 Å². The van der Waals surface area contributed by atoms with Gasteiger partial charge in [-0.2, -0.15) is 5.26 Å². The smallest absolute Gasteiger partial charge is 0.163 e. The van der Waals surface area contributed by atoms with Gasteiger partial charge in [0, 0.05) is 12.7 Å². The van der Waals surface area contributed by atoms with Gasteiger partial charge in [-0.05, 0) is 12.1 Å². The van der Waals surface area contributed by atoms with Gasteiger partial charge in [-0.1, -0.05) is 6.08 Å². The normalized spacial score (nSPS) is 8.58. The van der Waals surface area contributed by atoms with Crippen LogP contribution >= 0.6 is 0 Å². The lowest BCUT2D eigenvalue weighted by molar-refractivity contribution is 1.23. The topological polar surface area (TPSA) is 48.7 Å². The van der Waals surface area contributed by atoms with E-state index in [2.05, 4.69) is 16.9 Å². The third kappa shape index (κ3) is 1.83. The number of nitriles is 1. The fraction of sp³-hybridized carbons (Fsp3) is 0.111. The zero-order valence-corrected chi connectivity index (χ0v) is 6.62. The van der Waals surface area contributed by atoms with Crippen molar-refractivity contribution in [3.05, 3.63) is 36.7 Å². The Hall–Kier alpha value is -1.82. The number of hydrogen-bond donors (Lipinski definition) is 1. The van der Waals surface area contributed by atoms with E-state index in [0.29, 0.717) is 12.2 Å². The predicted octanol–water partition coefficient (Wildman–Crippen LogP) is 1.55. The van der Waals surface area contributed by atoms with Crippen molar-refractivity contribution in [3.63, 3.8) is 0 Å².